The lowest BCUT2D eigenvalue weighted by molar-refractivity contribution is -0.119. The van der Waals surface area contributed by atoms with Crippen LogP contribution >= 0.6 is 11.8 Å². The van der Waals surface area contributed by atoms with E-state index in [0.29, 0.717) is 17.4 Å². The second-order valence-electron chi connectivity index (χ2n) is 6.34. The molecule has 130 valence electrons. The van der Waals surface area contributed by atoms with E-state index in [-0.39, 0.29) is 5.25 Å². The van der Waals surface area contributed by atoms with Gasteiger partial charge in [-0.1, -0.05) is 78.8 Å². The summed E-state index contributed by atoms with van der Waals surface area (Å²) in [5.41, 5.74) is 3.54. The maximum absolute atomic E-state index is 12.1. The molecule has 0 saturated heterocycles. The first-order valence-corrected chi connectivity index (χ1v) is 9.74. The molecule has 0 aliphatic heterocycles. The van der Waals surface area contributed by atoms with Gasteiger partial charge in [-0.15, -0.1) is 10.2 Å². The highest BCUT2D eigenvalue weighted by Crippen LogP contribution is 2.33. The van der Waals surface area contributed by atoms with Gasteiger partial charge in [0.25, 0.3) is 0 Å². The van der Waals surface area contributed by atoms with Crippen molar-refractivity contribution in [2.45, 2.75) is 36.1 Å². The molecule has 1 saturated carbocycles. The Morgan fingerprint density at radius 3 is 2.12 bits per heavy atom. The van der Waals surface area contributed by atoms with Gasteiger partial charge in [0.1, 0.15) is 17.2 Å². The molecule has 1 atom stereocenters. The van der Waals surface area contributed by atoms with E-state index in [0.717, 1.165) is 41.8 Å². The fraction of sp³-hybridized carbons (Fsp3) is 0.238. The molecule has 4 nitrogen and oxygen atoms in total. The predicted molar refractivity (Wildman–Crippen MR) is 104 cm³/mol. The quantitative estimate of drug-likeness (QED) is 0.667. The Morgan fingerprint density at radius 2 is 1.46 bits per heavy atom. The van der Waals surface area contributed by atoms with Gasteiger partial charge in [0.2, 0.25) is 5.16 Å². The first kappa shape index (κ1) is 16.9. The number of hydrogen-bond acceptors (Lipinski definition) is 5. The van der Waals surface area contributed by atoms with Crippen molar-refractivity contribution in [3.8, 4) is 22.5 Å². The van der Waals surface area contributed by atoms with Crippen molar-refractivity contribution in [2.75, 3.05) is 0 Å². The molecule has 0 amide bonds. The molecular formula is C21H19N3OS. The van der Waals surface area contributed by atoms with E-state index in [1.807, 2.05) is 60.7 Å². The number of hydrogen-bond donors (Lipinski definition) is 0. The lowest BCUT2D eigenvalue weighted by Gasteiger charge is -2.19. The van der Waals surface area contributed by atoms with Crippen molar-refractivity contribution in [1.82, 2.24) is 15.2 Å². The number of thioether (sulfide) groups is 1. The summed E-state index contributed by atoms with van der Waals surface area (Å²) in [4.78, 5) is 16.9. The zero-order valence-corrected chi connectivity index (χ0v) is 15.2. The van der Waals surface area contributed by atoms with E-state index in [1.165, 1.54) is 11.8 Å². The fourth-order valence-corrected chi connectivity index (χ4v) is 4.17. The SMILES string of the molecule is O=C1CCCCC1Sc1nnc(-c2ccccc2)c(-c2ccccc2)n1. The number of aromatic nitrogens is 3. The Kier molecular flexibility index (Phi) is 5.07. The summed E-state index contributed by atoms with van der Waals surface area (Å²) in [6.07, 6.45) is 3.65. The Labute approximate surface area is 157 Å². The van der Waals surface area contributed by atoms with Gasteiger partial charge in [-0.3, -0.25) is 4.79 Å². The van der Waals surface area contributed by atoms with E-state index in [1.54, 1.807) is 0 Å². The Morgan fingerprint density at radius 1 is 0.808 bits per heavy atom. The number of Topliss-reactive ketones (excluding diaryl/α,β-unsaturated/α-hetero) is 1. The fourth-order valence-electron chi connectivity index (χ4n) is 3.15. The zero-order chi connectivity index (χ0) is 17.8. The van der Waals surface area contributed by atoms with Gasteiger partial charge >= 0.3 is 0 Å². The molecule has 1 aliphatic rings. The summed E-state index contributed by atoms with van der Waals surface area (Å²) < 4.78 is 0. The summed E-state index contributed by atoms with van der Waals surface area (Å²) in [5, 5.41) is 9.32. The molecule has 1 unspecified atom stereocenters. The first-order chi connectivity index (χ1) is 12.8. The Balaban J connectivity index is 1.73. The summed E-state index contributed by atoms with van der Waals surface area (Å²) in [6, 6.07) is 20.0. The van der Waals surface area contributed by atoms with Crippen molar-refractivity contribution in [1.29, 1.82) is 0 Å². The van der Waals surface area contributed by atoms with Crippen LogP contribution in [-0.2, 0) is 4.79 Å². The molecule has 0 spiro atoms. The highest BCUT2D eigenvalue weighted by molar-refractivity contribution is 8.00. The highest BCUT2D eigenvalue weighted by atomic mass is 32.2. The number of nitrogens with zero attached hydrogens (tertiary/aromatic N) is 3. The maximum atomic E-state index is 12.1. The lowest BCUT2D eigenvalue weighted by atomic mass is 9.99. The third kappa shape index (κ3) is 3.68. The largest absolute Gasteiger partial charge is 0.298 e. The van der Waals surface area contributed by atoms with E-state index >= 15 is 0 Å². The van der Waals surface area contributed by atoms with E-state index in [2.05, 4.69) is 10.2 Å². The molecule has 1 fully saturated rings. The van der Waals surface area contributed by atoms with Gasteiger partial charge in [-0.2, -0.15) is 0 Å². The predicted octanol–water partition coefficient (Wildman–Crippen LogP) is 4.81. The average Bonchev–Trinajstić information content (AvgIpc) is 2.71. The second-order valence-corrected chi connectivity index (χ2v) is 7.51. The van der Waals surface area contributed by atoms with Crippen LogP contribution < -0.4 is 0 Å². The van der Waals surface area contributed by atoms with Gasteiger partial charge in [0.15, 0.2) is 0 Å². The summed E-state index contributed by atoms with van der Waals surface area (Å²) in [6.45, 7) is 0. The monoisotopic (exact) mass is 361 g/mol. The number of ketones is 1. The Bertz CT molecular complexity index is 900. The van der Waals surface area contributed by atoms with Crippen molar-refractivity contribution in [2.24, 2.45) is 0 Å². The molecule has 5 heteroatoms. The molecule has 1 heterocycles. The Hall–Kier alpha value is -2.53. The minimum Gasteiger partial charge on any atom is -0.298 e. The van der Waals surface area contributed by atoms with Crippen LogP contribution in [0.1, 0.15) is 25.7 Å². The summed E-state index contributed by atoms with van der Waals surface area (Å²) in [5.74, 6) is 0.304. The van der Waals surface area contributed by atoms with Crippen LogP contribution in [0, 0.1) is 0 Å². The topological polar surface area (TPSA) is 55.7 Å². The highest BCUT2D eigenvalue weighted by Gasteiger charge is 2.25. The average molecular weight is 361 g/mol. The molecule has 4 rings (SSSR count). The second kappa shape index (κ2) is 7.79. The van der Waals surface area contributed by atoms with Gasteiger partial charge in [0, 0.05) is 17.5 Å². The van der Waals surface area contributed by atoms with Crippen LogP contribution in [0.2, 0.25) is 0 Å². The first-order valence-electron chi connectivity index (χ1n) is 8.86. The minimum absolute atomic E-state index is 0.0447. The third-order valence-electron chi connectivity index (χ3n) is 4.51. The van der Waals surface area contributed by atoms with E-state index < -0.39 is 0 Å². The lowest BCUT2D eigenvalue weighted by Crippen LogP contribution is -2.21. The number of rotatable bonds is 4. The number of benzene rings is 2. The zero-order valence-electron chi connectivity index (χ0n) is 14.3. The number of carbonyl (C=O) groups is 1. The van der Waals surface area contributed by atoms with Crippen molar-refractivity contribution < 1.29 is 4.79 Å². The van der Waals surface area contributed by atoms with Crippen LogP contribution in [-0.4, -0.2) is 26.2 Å². The molecule has 0 radical (unpaired) electrons. The molecule has 3 aromatic rings. The van der Waals surface area contributed by atoms with Gasteiger partial charge in [0.05, 0.1) is 5.25 Å². The summed E-state index contributed by atoms with van der Waals surface area (Å²) in [7, 11) is 0. The molecule has 0 N–H and O–H groups in total. The molecule has 26 heavy (non-hydrogen) atoms. The van der Waals surface area contributed by atoms with Crippen LogP contribution in [0.4, 0.5) is 0 Å². The van der Waals surface area contributed by atoms with E-state index in [4.69, 9.17) is 4.98 Å². The molecule has 1 aliphatic carbocycles. The number of carbonyl (C=O) groups excluding carboxylic acids is 1. The third-order valence-corrected chi connectivity index (χ3v) is 5.67. The molecule has 2 aromatic carbocycles. The van der Waals surface area contributed by atoms with Gasteiger partial charge in [-0.05, 0) is 12.8 Å². The maximum Gasteiger partial charge on any atom is 0.210 e. The summed E-state index contributed by atoms with van der Waals surface area (Å²) >= 11 is 1.45. The van der Waals surface area contributed by atoms with Crippen LogP contribution in [0.5, 0.6) is 0 Å². The van der Waals surface area contributed by atoms with Crippen molar-refractivity contribution in [3.63, 3.8) is 0 Å². The minimum atomic E-state index is -0.0447. The van der Waals surface area contributed by atoms with Crippen LogP contribution in [0.15, 0.2) is 65.8 Å². The van der Waals surface area contributed by atoms with Gasteiger partial charge < -0.3 is 0 Å². The standard InChI is InChI=1S/C21H19N3OS/c25-17-13-7-8-14-18(17)26-21-22-19(15-9-3-1-4-10-15)20(23-24-21)16-11-5-2-6-12-16/h1-6,9-12,18H,7-8,13-14H2. The van der Waals surface area contributed by atoms with Crippen LogP contribution in [0.25, 0.3) is 22.5 Å². The van der Waals surface area contributed by atoms with Crippen molar-refractivity contribution >= 4 is 17.5 Å². The normalized spacial score (nSPS) is 17.2. The molecular weight excluding hydrogens is 342 g/mol. The van der Waals surface area contributed by atoms with Gasteiger partial charge in [-0.25, -0.2) is 4.98 Å². The molecule has 1 aromatic heterocycles. The van der Waals surface area contributed by atoms with Crippen LogP contribution in [0.3, 0.4) is 0 Å². The smallest absolute Gasteiger partial charge is 0.210 e. The van der Waals surface area contributed by atoms with E-state index in [9.17, 15) is 4.79 Å². The molecule has 0 bridgehead atoms. The van der Waals surface area contributed by atoms with Crippen molar-refractivity contribution in [3.05, 3.63) is 60.7 Å².